The lowest BCUT2D eigenvalue weighted by Crippen LogP contribution is -2.40. The van der Waals surface area contributed by atoms with E-state index in [0.29, 0.717) is 18.2 Å². The Kier molecular flexibility index (Phi) is 4.53. The third-order valence-electron chi connectivity index (χ3n) is 3.99. The number of esters is 1. The highest BCUT2D eigenvalue weighted by atomic mass is 16.5. The number of carbonyl (C=O) groups excluding carboxylic acids is 1. The van der Waals surface area contributed by atoms with Crippen LogP contribution in [0.3, 0.4) is 0 Å². The molecule has 1 aromatic carbocycles. The van der Waals surface area contributed by atoms with Gasteiger partial charge in [0.25, 0.3) is 0 Å². The maximum Gasteiger partial charge on any atom is 0.338 e. The molecule has 1 heterocycles. The Balaban J connectivity index is 2.26. The van der Waals surface area contributed by atoms with E-state index in [0.717, 1.165) is 36.7 Å². The molecule has 1 aliphatic heterocycles. The summed E-state index contributed by atoms with van der Waals surface area (Å²) in [6.07, 6.45) is 2.32. The van der Waals surface area contributed by atoms with E-state index in [1.165, 1.54) is 0 Å². The van der Waals surface area contributed by atoms with Crippen LogP contribution in [-0.2, 0) is 4.74 Å². The van der Waals surface area contributed by atoms with Crippen molar-refractivity contribution >= 4 is 17.3 Å². The number of nitrogen functional groups attached to an aromatic ring is 1. The molecule has 2 N–H and O–H groups in total. The molecule has 1 aliphatic rings. The van der Waals surface area contributed by atoms with Gasteiger partial charge in [-0.3, -0.25) is 0 Å². The zero-order chi connectivity index (χ0) is 14.7. The molecule has 110 valence electrons. The Morgan fingerprint density at radius 1 is 1.45 bits per heavy atom. The standard InChI is InChI=1S/C16H24N2O2/c1-4-20-16(19)13-5-6-14(17)15(10-13)18-8-7-11(2)9-12(18)3/h5-6,10-12H,4,7-9,17H2,1-3H3. The van der Waals surface area contributed by atoms with Gasteiger partial charge in [0.15, 0.2) is 0 Å². The maximum atomic E-state index is 11.8. The van der Waals surface area contributed by atoms with Crippen molar-refractivity contribution in [2.24, 2.45) is 5.92 Å². The normalized spacial score (nSPS) is 22.6. The first-order valence-electron chi connectivity index (χ1n) is 7.36. The fourth-order valence-electron chi connectivity index (χ4n) is 2.90. The molecule has 0 amide bonds. The molecule has 0 bridgehead atoms. The molecule has 0 aliphatic carbocycles. The minimum atomic E-state index is -0.285. The van der Waals surface area contributed by atoms with E-state index in [9.17, 15) is 4.79 Å². The van der Waals surface area contributed by atoms with Gasteiger partial charge in [-0.1, -0.05) is 6.92 Å². The molecule has 1 fully saturated rings. The van der Waals surface area contributed by atoms with Crippen LogP contribution in [0.2, 0.25) is 0 Å². The lowest BCUT2D eigenvalue weighted by atomic mass is 9.92. The summed E-state index contributed by atoms with van der Waals surface area (Å²) in [5.41, 5.74) is 8.34. The molecule has 0 spiro atoms. The SMILES string of the molecule is CCOC(=O)c1ccc(N)c(N2CCC(C)CC2C)c1. The predicted octanol–water partition coefficient (Wildman–Crippen LogP) is 3.07. The summed E-state index contributed by atoms with van der Waals surface area (Å²) in [7, 11) is 0. The van der Waals surface area contributed by atoms with Crippen molar-refractivity contribution in [3.63, 3.8) is 0 Å². The number of hydrogen-bond acceptors (Lipinski definition) is 4. The molecule has 4 heteroatoms. The molecule has 4 nitrogen and oxygen atoms in total. The minimum absolute atomic E-state index is 0.285. The van der Waals surface area contributed by atoms with E-state index in [2.05, 4.69) is 18.7 Å². The molecular weight excluding hydrogens is 252 g/mol. The monoisotopic (exact) mass is 276 g/mol. The topological polar surface area (TPSA) is 55.6 Å². The number of nitrogens with two attached hydrogens (primary N) is 1. The molecule has 0 aromatic heterocycles. The summed E-state index contributed by atoms with van der Waals surface area (Å²) < 4.78 is 5.06. The van der Waals surface area contributed by atoms with Crippen LogP contribution < -0.4 is 10.6 Å². The molecule has 2 unspecified atom stereocenters. The van der Waals surface area contributed by atoms with Gasteiger partial charge in [-0.2, -0.15) is 0 Å². The van der Waals surface area contributed by atoms with Crippen molar-refractivity contribution in [2.45, 2.75) is 39.7 Å². The summed E-state index contributed by atoms with van der Waals surface area (Å²) in [6.45, 7) is 7.68. The second-order valence-corrected chi connectivity index (χ2v) is 5.67. The van der Waals surface area contributed by atoms with Crippen LogP contribution >= 0.6 is 0 Å². The highest BCUT2D eigenvalue weighted by Gasteiger charge is 2.25. The first-order valence-corrected chi connectivity index (χ1v) is 7.36. The van der Waals surface area contributed by atoms with Crippen molar-refractivity contribution in [2.75, 3.05) is 23.8 Å². The third-order valence-corrected chi connectivity index (χ3v) is 3.99. The number of rotatable bonds is 3. The zero-order valence-corrected chi connectivity index (χ0v) is 12.6. The number of carbonyl (C=O) groups is 1. The second kappa shape index (κ2) is 6.16. The summed E-state index contributed by atoms with van der Waals surface area (Å²) in [4.78, 5) is 14.1. The van der Waals surface area contributed by atoms with Gasteiger partial charge in [-0.25, -0.2) is 4.79 Å². The smallest absolute Gasteiger partial charge is 0.338 e. The van der Waals surface area contributed by atoms with Crippen molar-refractivity contribution in [3.8, 4) is 0 Å². The number of nitrogens with zero attached hydrogens (tertiary/aromatic N) is 1. The van der Waals surface area contributed by atoms with Crippen LogP contribution in [0.5, 0.6) is 0 Å². The first kappa shape index (κ1) is 14.7. The molecule has 0 radical (unpaired) electrons. The first-order chi connectivity index (χ1) is 9.52. The summed E-state index contributed by atoms with van der Waals surface area (Å²) in [6, 6.07) is 5.83. The van der Waals surface area contributed by atoms with Gasteiger partial charge < -0.3 is 15.4 Å². The fourth-order valence-corrected chi connectivity index (χ4v) is 2.90. The van der Waals surface area contributed by atoms with E-state index in [1.807, 2.05) is 13.0 Å². The Labute approximate surface area is 120 Å². The van der Waals surface area contributed by atoms with E-state index in [-0.39, 0.29) is 5.97 Å². The predicted molar refractivity (Wildman–Crippen MR) is 82.0 cm³/mol. The van der Waals surface area contributed by atoms with Gasteiger partial charge in [0.2, 0.25) is 0 Å². The Bertz CT molecular complexity index is 487. The van der Waals surface area contributed by atoms with Crippen molar-refractivity contribution in [3.05, 3.63) is 23.8 Å². The van der Waals surface area contributed by atoms with E-state index < -0.39 is 0 Å². The molecule has 1 saturated heterocycles. The van der Waals surface area contributed by atoms with E-state index in [1.54, 1.807) is 12.1 Å². The van der Waals surface area contributed by atoms with Gasteiger partial charge in [-0.15, -0.1) is 0 Å². The Hall–Kier alpha value is -1.71. The van der Waals surface area contributed by atoms with Gasteiger partial charge in [0.1, 0.15) is 0 Å². The lowest BCUT2D eigenvalue weighted by molar-refractivity contribution is 0.0526. The molecule has 2 atom stereocenters. The molecule has 2 rings (SSSR count). The molecule has 20 heavy (non-hydrogen) atoms. The van der Waals surface area contributed by atoms with Crippen molar-refractivity contribution < 1.29 is 9.53 Å². The number of piperidine rings is 1. The van der Waals surface area contributed by atoms with Crippen LogP contribution in [0.4, 0.5) is 11.4 Å². The number of benzene rings is 1. The van der Waals surface area contributed by atoms with Crippen molar-refractivity contribution in [1.29, 1.82) is 0 Å². The van der Waals surface area contributed by atoms with Crippen LogP contribution in [0, 0.1) is 5.92 Å². The van der Waals surface area contributed by atoms with Gasteiger partial charge in [0.05, 0.1) is 23.5 Å². The van der Waals surface area contributed by atoms with Gasteiger partial charge in [0, 0.05) is 12.6 Å². The van der Waals surface area contributed by atoms with Gasteiger partial charge >= 0.3 is 5.97 Å². The highest BCUT2D eigenvalue weighted by Crippen LogP contribution is 2.32. The average molecular weight is 276 g/mol. The lowest BCUT2D eigenvalue weighted by Gasteiger charge is -2.39. The van der Waals surface area contributed by atoms with E-state index >= 15 is 0 Å². The Morgan fingerprint density at radius 3 is 2.85 bits per heavy atom. The quantitative estimate of drug-likeness (QED) is 0.681. The fraction of sp³-hybridized carbons (Fsp3) is 0.562. The second-order valence-electron chi connectivity index (χ2n) is 5.67. The number of anilines is 2. The largest absolute Gasteiger partial charge is 0.462 e. The van der Waals surface area contributed by atoms with Gasteiger partial charge in [-0.05, 0) is 50.8 Å². The van der Waals surface area contributed by atoms with Crippen LogP contribution in [0.1, 0.15) is 44.0 Å². The van der Waals surface area contributed by atoms with Crippen LogP contribution in [-0.4, -0.2) is 25.2 Å². The molecular formula is C16H24N2O2. The average Bonchev–Trinajstić information content (AvgIpc) is 2.40. The van der Waals surface area contributed by atoms with E-state index in [4.69, 9.17) is 10.5 Å². The maximum absolute atomic E-state index is 11.8. The Morgan fingerprint density at radius 2 is 2.20 bits per heavy atom. The number of ether oxygens (including phenoxy) is 1. The zero-order valence-electron chi connectivity index (χ0n) is 12.6. The van der Waals surface area contributed by atoms with Crippen molar-refractivity contribution in [1.82, 2.24) is 0 Å². The summed E-state index contributed by atoms with van der Waals surface area (Å²) in [5, 5.41) is 0. The molecule has 0 saturated carbocycles. The number of hydrogen-bond donors (Lipinski definition) is 1. The highest BCUT2D eigenvalue weighted by molar-refractivity contribution is 5.92. The van der Waals surface area contributed by atoms with Crippen LogP contribution in [0.15, 0.2) is 18.2 Å². The minimum Gasteiger partial charge on any atom is -0.462 e. The summed E-state index contributed by atoms with van der Waals surface area (Å²) in [5.74, 6) is 0.461. The molecule has 1 aromatic rings. The van der Waals surface area contributed by atoms with Crippen LogP contribution in [0.25, 0.3) is 0 Å². The summed E-state index contributed by atoms with van der Waals surface area (Å²) >= 11 is 0. The third kappa shape index (κ3) is 3.06.